The number of nitrogens with zero attached hydrogens (tertiary/aromatic N) is 2. The third-order valence-electron chi connectivity index (χ3n) is 4.31. The number of aliphatic imine (C=N–C) groups is 1. The molecule has 0 N–H and O–H groups in total. The minimum Gasteiger partial charge on any atom is -0.467 e. The second-order valence-electron chi connectivity index (χ2n) is 5.99. The molecular formula is C20H17ClN2O4. The lowest BCUT2D eigenvalue weighted by molar-refractivity contribution is -0.141. The molecule has 1 heterocycles. The molecule has 2 amide bonds. The largest absolute Gasteiger partial charge is 0.467 e. The molecule has 2 aromatic rings. The van der Waals surface area contributed by atoms with Gasteiger partial charge in [0.05, 0.1) is 23.7 Å². The van der Waals surface area contributed by atoms with Crippen LogP contribution >= 0.6 is 11.6 Å². The van der Waals surface area contributed by atoms with Gasteiger partial charge < -0.3 is 4.74 Å². The van der Waals surface area contributed by atoms with E-state index in [1.165, 1.54) is 13.3 Å². The summed E-state index contributed by atoms with van der Waals surface area (Å²) in [5.74, 6) is -2.26. The van der Waals surface area contributed by atoms with Gasteiger partial charge in [-0.15, -0.1) is 0 Å². The number of ether oxygens (including phenoxy) is 1. The van der Waals surface area contributed by atoms with Gasteiger partial charge in [0, 0.05) is 11.8 Å². The second kappa shape index (κ2) is 7.72. The number of rotatable bonds is 4. The first kappa shape index (κ1) is 18.8. The van der Waals surface area contributed by atoms with Crippen LogP contribution in [0.3, 0.4) is 0 Å². The molecule has 0 saturated carbocycles. The van der Waals surface area contributed by atoms with Crippen LogP contribution in [0, 0.1) is 0 Å². The predicted molar refractivity (Wildman–Crippen MR) is 102 cm³/mol. The molecule has 0 bridgehead atoms. The van der Waals surface area contributed by atoms with E-state index in [0.717, 1.165) is 4.90 Å². The van der Waals surface area contributed by atoms with Crippen molar-refractivity contribution in [2.24, 2.45) is 4.99 Å². The third kappa shape index (κ3) is 3.48. The molecule has 0 fully saturated rings. The molecule has 0 aromatic heterocycles. The number of hydrogen-bond donors (Lipinski definition) is 0. The van der Waals surface area contributed by atoms with Crippen molar-refractivity contribution in [1.29, 1.82) is 0 Å². The van der Waals surface area contributed by atoms with Crippen molar-refractivity contribution < 1.29 is 19.1 Å². The molecule has 1 aliphatic heterocycles. The molecule has 138 valence electrons. The monoisotopic (exact) mass is 384 g/mol. The maximum absolute atomic E-state index is 13.1. The Morgan fingerprint density at radius 3 is 2.56 bits per heavy atom. The Kier molecular flexibility index (Phi) is 5.37. The van der Waals surface area contributed by atoms with Gasteiger partial charge in [0.1, 0.15) is 6.04 Å². The molecule has 0 saturated heterocycles. The van der Waals surface area contributed by atoms with Gasteiger partial charge in [-0.3, -0.25) is 14.6 Å². The summed E-state index contributed by atoms with van der Waals surface area (Å²) in [4.78, 5) is 42.9. The zero-order chi connectivity index (χ0) is 19.6. The van der Waals surface area contributed by atoms with Crippen LogP contribution in [0.1, 0.15) is 28.8 Å². The molecule has 2 aromatic carbocycles. The first-order valence-corrected chi connectivity index (χ1v) is 8.66. The van der Waals surface area contributed by atoms with E-state index in [0.29, 0.717) is 16.8 Å². The van der Waals surface area contributed by atoms with Crippen molar-refractivity contribution >= 4 is 41.3 Å². The Balaban J connectivity index is 2.07. The van der Waals surface area contributed by atoms with E-state index in [2.05, 4.69) is 9.73 Å². The van der Waals surface area contributed by atoms with Crippen LogP contribution in [-0.4, -0.2) is 37.1 Å². The molecular weight excluding hydrogens is 368 g/mol. The fraction of sp³-hybridized carbons (Fsp3) is 0.200. The summed E-state index contributed by atoms with van der Waals surface area (Å²) in [5, 5.41) is 0.289. The van der Waals surface area contributed by atoms with Crippen LogP contribution in [0.15, 0.2) is 53.5 Å². The summed E-state index contributed by atoms with van der Waals surface area (Å²) in [6.07, 6.45) is 1.39. The Morgan fingerprint density at radius 2 is 1.85 bits per heavy atom. The zero-order valence-corrected chi connectivity index (χ0v) is 15.5. The first-order chi connectivity index (χ1) is 13.0. The molecule has 0 radical (unpaired) electrons. The fourth-order valence-electron chi connectivity index (χ4n) is 2.91. The number of imide groups is 1. The summed E-state index contributed by atoms with van der Waals surface area (Å²) in [7, 11) is 1.27. The van der Waals surface area contributed by atoms with E-state index in [1.807, 2.05) is 0 Å². The molecule has 27 heavy (non-hydrogen) atoms. The van der Waals surface area contributed by atoms with Crippen LogP contribution in [-0.2, 0) is 14.3 Å². The van der Waals surface area contributed by atoms with Crippen molar-refractivity contribution in [3.05, 3.63) is 64.7 Å². The van der Waals surface area contributed by atoms with Gasteiger partial charge in [-0.25, -0.2) is 9.69 Å². The number of anilines is 1. The highest BCUT2D eigenvalue weighted by Crippen LogP contribution is 2.35. The van der Waals surface area contributed by atoms with E-state index in [1.54, 1.807) is 55.5 Å². The van der Waals surface area contributed by atoms with Crippen molar-refractivity contribution in [2.45, 2.75) is 18.9 Å². The normalized spacial score (nSPS) is 17.7. The van der Waals surface area contributed by atoms with E-state index in [9.17, 15) is 14.4 Å². The highest BCUT2D eigenvalue weighted by Gasteiger charge is 2.39. The van der Waals surface area contributed by atoms with Crippen molar-refractivity contribution in [2.75, 3.05) is 12.0 Å². The number of halogens is 1. The smallest absolute Gasteiger partial charge is 0.330 e. The van der Waals surface area contributed by atoms with Crippen molar-refractivity contribution in [3.63, 3.8) is 0 Å². The molecule has 3 rings (SSSR count). The van der Waals surface area contributed by atoms with Crippen LogP contribution in [0.5, 0.6) is 0 Å². The van der Waals surface area contributed by atoms with Crippen molar-refractivity contribution in [3.8, 4) is 0 Å². The van der Waals surface area contributed by atoms with E-state index >= 15 is 0 Å². The number of methoxy groups -OCH3 is 1. The van der Waals surface area contributed by atoms with E-state index < -0.39 is 29.7 Å². The fourth-order valence-corrected chi connectivity index (χ4v) is 3.13. The Labute approximate surface area is 161 Å². The van der Waals surface area contributed by atoms with Gasteiger partial charge in [-0.1, -0.05) is 41.9 Å². The van der Waals surface area contributed by atoms with E-state index in [-0.39, 0.29) is 5.02 Å². The lowest BCUT2D eigenvalue weighted by Crippen LogP contribution is -2.45. The number of carbonyl (C=O) groups excluding carboxylic acids is 3. The number of esters is 1. The maximum Gasteiger partial charge on any atom is 0.330 e. The zero-order valence-electron chi connectivity index (χ0n) is 14.8. The lowest BCUT2D eigenvalue weighted by atomic mass is 9.89. The number of fused-ring (bicyclic) bond motifs is 1. The highest BCUT2D eigenvalue weighted by atomic mass is 35.5. The standard InChI is InChI=1S/C20H17ClN2O4/c1-12(20(26)27-2)22-11-15-13-7-3-4-8-14(13)18(24)23(19(15)25)17-10-6-5-9-16(17)21/h3-12,15H,1-2H3/t12-,15?/m0/s1. The van der Waals surface area contributed by atoms with Crippen molar-refractivity contribution in [1.82, 2.24) is 0 Å². The Hall–Kier alpha value is -2.99. The summed E-state index contributed by atoms with van der Waals surface area (Å²) < 4.78 is 4.65. The van der Waals surface area contributed by atoms with Gasteiger partial charge in [0.15, 0.2) is 0 Å². The predicted octanol–water partition coefficient (Wildman–Crippen LogP) is 3.24. The number of hydrogen-bond acceptors (Lipinski definition) is 5. The quantitative estimate of drug-likeness (QED) is 0.460. The van der Waals surface area contributed by atoms with Gasteiger partial charge >= 0.3 is 5.97 Å². The molecule has 7 heteroatoms. The van der Waals surface area contributed by atoms with E-state index in [4.69, 9.17) is 11.6 Å². The van der Waals surface area contributed by atoms with Gasteiger partial charge in [0.2, 0.25) is 5.91 Å². The van der Waals surface area contributed by atoms with Gasteiger partial charge in [0.25, 0.3) is 5.91 Å². The number of benzene rings is 2. The number of carbonyl (C=O) groups is 3. The summed E-state index contributed by atoms with van der Waals surface area (Å²) in [6, 6.07) is 12.7. The number of amides is 2. The summed E-state index contributed by atoms with van der Waals surface area (Å²) >= 11 is 6.21. The molecule has 1 aliphatic rings. The minimum atomic E-state index is -0.817. The number of para-hydroxylation sites is 1. The van der Waals surface area contributed by atoms with Gasteiger partial charge in [-0.2, -0.15) is 0 Å². The second-order valence-corrected chi connectivity index (χ2v) is 6.40. The van der Waals surface area contributed by atoms with Crippen LogP contribution in [0.4, 0.5) is 5.69 Å². The molecule has 2 atom stereocenters. The highest BCUT2D eigenvalue weighted by molar-refractivity contribution is 6.37. The van der Waals surface area contributed by atoms with Gasteiger partial charge in [-0.05, 0) is 30.7 Å². The molecule has 1 unspecified atom stereocenters. The Morgan fingerprint density at radius 1 is 1.19 bits per heavy atom. The Bertz CT molecular complexity index is 941. The first-order valence-electron chi connectivity index (χ1n) is 8.28. The minimum absolute atomic E-state index is 0.289. The van der Waals surface area contributed by atoms with Crippen LogP contribution < -0.4 is 4.90 Å². The third-order valence-corrected chi connectivity index (χ3v) is 4.63. The average molecular weight is 385 g/mol. The SMILES string of the molecule is COC(=O)[C@H](C)N=CC1C(=O)N(c2ccccc2Cl)C(=O)c2ccccc21. The lowest BCUT2D eigenvalue weighted by Gasteiger charge is -2.31. The average Bonchev–Trinajstić information content (AvgIpc) is 2.68. The summed E-state index contributed by atoms with van der Waals surface area (Å²) in [6.45, 7) is 1.57. The van der Waals surface area contributed by atoms with Crippen LogP contribution in [0.25, 0.3) is 0 Å². The molecule has 6 nitrogen and oxygen atoms in total. The molecule has 0 spiro atoms. The molecule has 0 aliphatic carbocycles. The van der Waals surface area contributed by atoms with Crippen LogP contribution in [0.2, 0.25) is 5.02 Å². The maximum atomic E-state index is 13.1. The summed E-state index contributed by atoms with van der Waals surface area (Å²) in [5.41, 5.74) is 1.24. The topological polar surface area (TPSA) is 76.0 Å².